The summed E-state index contributed by atoms with van der Waals surface area (Å²) < 4.78 is 1.79. The lowest BCUT2D eigenvalue weighted by Gasteiger charge is -2.37. The third-order valence-corrected chi connectivity index (χ3v) is 6.73. The molecule has 0 bridgehead atoms. The summed E-state index contributed by atoms with van der Waals surface area (Å²) in [6, 6.07) is 23.8. The number of hydrogen-bond acceptors (Lipinski definition) is 5. The van der Waals surface area contributed by atoms with Crippen LogP contribution in [0.25, 0.3) is 11.1 Å². The number of anilines is 2. The monoisotopic (exact) mass is 476 g/mol. The summed E-state index contributed by atoms with van der Waals surface area (Å²) in [5.74, 6) is 0.801. The molecule has 1 amide bonds. The van der Waals surface area contributed by atoms with Gasteiger partial charge in [0.2, 0.25) is 0 Å². The average molecular weight is 477 g/mol. The van der Waals surface area contributed by atoms with Crippen molar-refractivity contribution in [2.24, 2.45) is 7.05 Å². The lowest BCUT2D eigenvalue weighted by atomic mass is 9.89. The number of nitrogens with zero attached hydrogens (tertiary/aromatic N) is 5. The van der Waals surface area contributed by atoms with Gasteiger partial charge in [-0.15, -0.1) is 0 Å². The fraction of sp³-hybridized carbons (Fsp3) is 0.241. The van der Waals surface area contributed by atoms with E-state index in [1.807, 2.05) is 72.9 Å². The molecule has 1 fully saturated rings. The van der Waals surface area contributed by atoms with Crippen molar-refractivity contribution in [3.05, 3.63) is 96.4 Å². The zero-order chi connectivity index (χ0) is 24.9. The number of nitrogens with one attached hydrogen (secondary N) is 1. The fourth-order valence-electron chi connectivity index (χ4n) is 4.83. The number of carbonyl (C=O) groups is 1. The molecule has 0 saturated heterocycles. The maximum Gasteiger partial charge on any atom is 0.258 e. The van der Waals surface area contributed by atoms with E-state index in [2.05, 4.69) is 33.6 Å². The van der Waals surface area contributed by atoms with Crippen molar-refractivity contribution in [3.63, 3.8) is 0 Å². The Morgan fingerprint density at radius 2 is 1.72 bits per heavy atom. The molecule has 7 nitrogen and oxygen atoms in total. The highest BCUT2D eigenvalue weighted by Crippen LogP contribution is 2.32. The van der Waals surface area contributed by atoms with Crippen LogP contribution in [-0.4, -0.2) is 32.8 Å². The second-order valence-electron chi connectivity index (χ2n) is 9.18. The van der Waals surface area contributed by atoms with E-state index in [9.17, 15) is 4.79 Å². The number of carbonyl (C=O) groups excluding carboxylic acids is 1. The van der Waals surface area contributed by atoms with Gasteiger partial charge in [-0.2, -0.15) is 10.4 Å². The smallest absolute Gasteiger partial charge is 0.258 e. The van der Waals surface area contributed by atoms with Gasteiger partial charge in [-0.25, -0.2) is 4.98 Å². The molecule has 0 aliphatic heterocycles. The minimum atomic E-state index is 0.0231. The summed E-state index contributed by atoms with van der Waals surface area (Å²) >= 11 is 0. The van der Waals surface area contributed by atoms with Crippen LogP contribution in [0.4, 0.5) is 11.5 Å². The molecule has 2 aromatic carbocycles. The molecule has 0 spiro atoms. The molecule has 0 atom stereocenters. The zero-order valence-electron chi connectivity index (χ0n) is 20.2. The summed E-state index contributed by atoms with van der Waals surface area (Å²) in [5, 5.41) is 16.7. The molecule has 4 aromatic rings. The number of aromatic nitrogens is 3. The number of rotatable bonds is 6. The predicted molar refractivity (Wildman–Crippen MR) is 141 cm³/mol. The maximum atomic E-state index is 13.7. The van der Waals surface area contributed by atoms with Gasteiger partial charge in [-0.1, -0.05) is 30.3 Å². The van der Waals surface area contributed by atoms with Crippen molar-refractivity contribution in [2.45, 2.75) is 37.8 Å². The van der Waals surface area contributed by atoms with Gasteiger partial charge in [0.05, 0.1) is 11.8 Å². The summed E-state index contributed by atoms with van der Waals surface area (Å²) in [4.78, 5) is 20.0. The molecule has 1 saturated carbocycles. The van der Waals surface area contributed by atoms with Crippen molar-refractivity contribution in [3.8, 4) is 17.2 Å². The van der Waals surface area contributed by atoms with E-state index in [0.717, 1.165) is 48.3 Å². The lowest BCUT2D eigenvalue weighted by Crippen LogP contribution is -2.44. The van der Waals surface area contributed by atoms with E-state index < -0.39 is 0 Å². The standard InChI is InChI=1S/C29H28N6O/c1-34-20-24(19-32-34)22-8-12-26(13-9-22)35(29(36)23-5-3-2-4-6-23)27-14-10-25(11-15-27)33-28-16-7-21(17-30)18-31-28/h2-9,12-13,16,18-20,25,27H,10-11,14-15H2,1H3,(H,31,33)/t25-,27-. The Labute approximate surface area is 211 Å². The van der Waals surface area contributed by atoms with Crippen LogP contribution in [0.15, 0.2) is 85.3 Å². The summed E-state index contributed by atoms with van der Waals surface area (Å²) in [5.41, 5.74) is 4.26. The van der Waals surface area contributed by atoms with Crippen LogP contribution in [0.3, 0.4) is 0 Å². The first kappa shape index (κ1) is 23.3. The molecule has 2 aromatic heterocycles. The lowest BCUT2D eigenvalue weighted by molar-refractivity contribution is 0.0970. The summed E-state index contributed by atoms with van der Waals surface area (Å²) in [6.45, 7) is 0. The van der Waals surface area contributed by atoms with E-state index >= 15 is 0 Å². The van der Waals surface area contributed by atoms with Gasteiger partial charge in [-0.3, -0.25) is 9.48 Å². The highest BCUT2D eigenvalue weighted by molar-refractivity contribution is 6.06. The van der Waals surface area contributed by atoms with Crippen LogP contribution in [0.1, 0.15) is 41.6 Å². The molecule has 1 aliphatic rings. The Hall–Kier alpha value is -4.44. The van der Waals surface area contributed by atoms with Crippen LogP contribution >= 0.6 is 0 Å². The molecule has 0 radical (unpaired) electrons. The van der Waals surface area contributed by atoms with E-state index in [-0.39, 0.29) is 18.0 Å². The molecule has 2 heterocycles. The van der Waals surface area contributed by atoms with Crippen LogP contribution in [0, 0.1) is 11.3 Å². The molecule has 7 heteroatoms. The minimum absolute atomic E-state index is 0.0231. The van der Waals surface area contributed by atoms with Crippen molar-refractivity contribution in [2.75, 3.05) is 10.2 Å². The van der Waals surface area contributed by atoms with Crippen LogP contribution in [-0.2, 0) is 7.05 Å². The molecule has 0 unspecified atom stereocenters. The zero-order valence-corrected chi connectivity index (χ0v) is 20.2. The quantitative estimate of drug-likeness (QED) is 0.401. The van der Waals surface area contributed by atoms with E-state index in [4.69, 9.17) is 5.26 Å². The summed E-state index contributed by atoms with van der Waals surface area (Å²) in [6.07, 6.45) is 9.05. The molecule has 36 heavy (non-hydrogen) atoms. The molecule has 180 valence electrons. The fourth-order valence-corrected chi connectivity index (χ4v) is 4.83. The third-order valence-electron chi connectivity index (χ3n) is 6.73. The molecule has 5 rings (SSSR count). The van der Waals surface area contributed by atoms with Crippen molar-refractivity contribution >= 4 is 17.4 Å². The van der Waals surface area contributed by atoms with E-state index in [1.54, 1.807) is 16.9 Å². The first-order valence-corrected chi connectivity index (χ1v) is 12.2. The largest absolute Gasteiger partial charge is 0.367 e. The Morgan fingerprint density at radius 1 is 0.972 bits per heavy atom. The molecule has 1 N–H and O–H groups in total. The van der Waals surface area contributed by atoms with Gasteiger partial charge in [0, 0.05) is 48.3 Å². The molecular weight excluding hydrogens is 448 g/mol. The predicted octanol–water partition coefficient (Wildman–Crippen LogP) is 5.42. The Balaban J connectivity index is 1.34. The van der Waals surface area contributed by atoms with Gasteiger partial charge in [0.25, 0.3) is 5.91 Å². The Bertz CT molecular complexity index is 1350. The van der Waals surface area contributed by atoms with Crippen LogP contribution in [0.2, 0.25) is 0 Å². The third kappa shape index (κ3) is 5.13. The second kappa shape index (κ2) is 10.4. The number of benzene rings is 2. The minimum Gasteiger partial charge on any atom is -0.367 e. The van der Waals surface area contributed by atoms with E-state index in [1.165, 1.54) is 0 Å². The van der Waals surface area contributed by atoms with Gasteiger partial charge < -0.3 is 10.2 Å². The van der Waals surface area contributed by atoms with Gasteiger partial charge in [-0.05, 0) is 67.6 Å². The Kier molecular flexibility index (Phi) is 6.76. The number of pyridine rings is 1. The summed E-state index contributed by atoms with van der Waals surface area (Å²) in [7, 11) is 1.90. The number of nitriles is 1. The first-order chi connectivity index (χ1) is 17.6. The highest BCUT2D eigenvalue weighted by atomic mass is 16.2. The van der Waals surface area contributed by atoms with Gasteiger partial charge in [0.15, 0.2) is 0 Å². The number of aryl methyl sites for hydroxylation is 1. The SMILES string of the molecule is Cn1cc(-c2ccc(N(C(=O)c3ccccc3)[C@H]3CC[C@H](Nc4ccc(C#N)cn4)CC3)cc2)cn1. The second-order valence-corrected chi connectivity index (χ2v) is 9.18. The Morgan fingerprint density at radius 3 is 2.33 bits per heavy atom. The molecular formula is C29H28N6O. The number of hydrogen-bond donors (Lipinski definition) is 1. The first-order valence-electron chi connectivity index (χ1n) is 12.2. The van der Waals surface area contributed by atoms with Gasteiger partial charge in [0.1, 0.15) is 11.9 Å². The van der Waals surface area contributed by atoms with Crippen molar-refractivity contribution in [1.29, 1.82) is 5.26 Å². The topological polar surface area (TPSA) is 86.8 Å². The normalized spacial score (nSPS) is 17.2. The highest BCUT2D eigenvalue weighted by Gasteiger charge is 2.30. The van der Waals surface area contributed by atoms with Crippen molar-refractivity contribution in [1.82, 2.24) is 14.8 Å². The average Bonchev–Trinajstić information content (AvgIpc) is 3.37. The van der Waals surface area contributed by atoms with Crippen LogP contribution in [0.5, 0.6) is 0 Å². The van der Waals surface area contributed by atoms with Gasteiger partial charge >= 0.3 is 0 Å². The molecule has 1 aliphatic carbocycles. The maximum absolute atomic E-state index is 13.7. The van der Waals surface area contributed by atoms with Crippen molar-refractivity contribution < 1.29 is 4.79 Å². The van der Waals surface area contributed by atoms with Crippen LogP contribution < -0.4 is 10.2 Å². The van der Waals surface area contributed by atoms with E-state index in [0.29, 0.717) is 11.1 Å². The number of amides is 1.